The quantitative estimate of drug-likeness (QED) is 0.906. The number of nitrogens with one attached hydrogen (secondary N) is 1. The van der Waals surface area contributed by atoms with Crippen molar-refractivity contribution >= 4 is 33.4 Å². The second-order valence-electron chi connectivity index (χ2n) is 6.49. The third-order valence-electron chi connectivity index (χ3n) is 4.58. The van der Waals surface area contributed by atoms with Crippen molar-refractivity contribution in [1.29, 1.82) is 0 Å². The van der Waals surface area contributed by atoms with Crippen molar-refractivity contribution in [2.24, 2.45) is 5.92 Å². The van der Waals surface area contributed by atoms with E-state index in [1.807, 2.05) is 24.3 Å². The summed E-state index contributed by atoms with van der Waals surface area (Å²) in [5.41, 5.74) is 0.965. The third-order valence-corrected chi connectivity index (χ3v) is 5.60. The molecule has 1 fully saturated rings. The van der Waals surface area contributed by atoms with Gasteiger partial charge in [0.25, 0.3) is 0 Å². The molecule has 0 aliphatic heterocycles. The highest BCUT2D eigenvalue weighted by Crippen LogP contribution is 2.29. The van der Waals surface area contributed by atoms with Crippen molar-refractivity contribution in [2.75, 3.05) is 7.05 Å². The van der Waals surface area contributed by atoms with Gasteiger partial charge < -0.3 is 10.2 Å². The number of para-hydroxylation sites is 1. The van der Waals surface area contributed by atoms with Crippen LogP contribution in [0.25, 0.3) is 10.2 Å². The second kappa shape index (κ2) is 7.30. The van der Waals surface area contributed by atoms with E-state index in [4.69, 9.17) is 0 Å². The van der Waals surface area contributed by atoms with Crippen molar-refractivity contribution in [3.63, 3.8) is 0 Å². The SMILES string of the molecule is CC(=O)N[C@H](C(=O)N(C)Cc1nc2ccccc2s1)C1CCCC1. The molecule has 1 aromatic heterocycles. The topological polar surface area (TPSA) is 62.3 Å². The summed E-state index contributed by atoms with van der Waals surface area (Å²) in [6.07, 6.45) is 4.28. The van der Waals surface area contributed by atoms with Crippen molar-refractivity contribution in [1.82, 2.24) is 15.2 Å². The first-order valence-electron chi connectivity index (χ1n) is 8.41. The van der Waals surface area contributed by atoms with E-state index in [-0.39, 0.29) is 17.7 Å². The van der Waals surface area contributed by atoms with E-state index >= 15 is 0 Å². The van der Waals surface area contributed by atoms with Crippen LogP contribution < -0.4 is 5.32 Å². The van der Waals surface area contributed by atoms with Gasteiger partial charge in [0.1, 0.15) is 11.0 Å². The van der Waals surface area contributed by atoms with E-state index in [9.17, 15) is 9.59 Å². The van der Waals surface area contributed by atoms with Crippen molar-refractivity contribution in [3.05, 3.63) is 29.3 Å². The molecule has 0 saturated heterocycles. The van der Waals surface area contributed by atoms with E-state index in [1.54, 1.807) is 23.3 Å². The predicted octanol–water partition coefficient (Wildman–Crippen LogP) is 2.95. The van der Waals surface area contributed by atoms with Crippen LogP contribution in [0.3, 0.4) is 0 Å². The normalized spacial score (nSPS) is 16.2. The molecular formula is C18H23N3O2S. The maximum absolute atomic E-state index is 12.9. The molecule has 5 nitrogen and oxygen atoms in total. The maximum Gasteiger partial charge on any atom is 0.245 e. The van der Waals surface area contributed by atoms with Gasteiger partial charge in [-0.15, -0.1) is 11.3 Å². The molecule has 1 saturated carbocycles. The van der Waals surface area contributed by atoms with E-state index < -0.39 is 6.04 Å². The number of rotatable bonds is 5. The summed E-state index contributed by atoms with van der Waals surface area (Å²) in [6.45, 7) is 1.95. The van der Waals surface area contributed by atoms with E-state index in [1.165, 1.54) is 6.92 Å². The lowest BCUT2D eigenvalue weighted by molar-refractivity contribution is -0.137. The lowest BCUT2D eigenvalue weighted by atomic mass is 9.97. The van der Waals surface area contributed by atoms with Crippen LogP contribution in [0.2, 0.25) is 0 Å². The van der Waals surface area contributed by atoms with E-state index in [0.29, 0.717) is 6.54 Å². The summed E-state index contributed by atoms with van der Waals surface area (Å²) in [5, 5.41) is 3.78. The van der Waals surface area contributed by atoms with Crippen molar-refractivity contribution in [3.8, 4) is 0 Å². The summed E-state index contributed by atoms with van der Waals surface area (Å²) in [6, 6.07) is 7.57. The number of hydrogen-bond acceptors (Lipinski definition) is 4. The zero-order valence-electron chi connectivity index (χ0n) is 14.1. The minimum atomic E-state index is -0.413. The van der Waals surface area contributed by atoms with Gasteiger partial charge in [-0.25, -0.2) is 4.98 Å². The van der Waals surface area contributed by atoms with Crippen LogP contribution in [0.15, 0.2) is 24.3 Å². The molecule has 2 amide bonds. The summed E-state index contributed by atoms with van der Waals surface area (Å²) in [4.78, 5) is 30.7. The Morgan fingerprint density at radius 3 is 2.71 bits per heavy atom. The maximum atomic E-state index is 12.9. The molecular weight excluding hydrogens is 322 g/mol. The van der Waals surface area contributed by atoms with Gasteiger partial charge in [0.05, 0.1) is 16.8 Å². The molecule has 3 rings (SSSR count). The van der Waals surface area contributed by atoms with Gasteiger partial charge in [-0.05, 0) is 30.9 Å². The van der Waals surface area contributed by atoms with Crippen LogP contribution in [-0.4, -0.2) is 34.8 Å². The zero-order valence-corrected chi connectivity index (χ0v) is 14.9. The lowest BCUT2D eigenvalue weighted by Gasteiger charge is -2.27. The molecule has 0 unspecified atom stereocenters. The molecule has 0 radical (unpaired) electrons. The van der Waals surface area contributed by atoms with Gasteiger partial charge in [0, 0.05) is 14.0 Å². The lowest BCUT2D eigenvalue weighted by Crippen LogP contribution is -2.50. The molecule has 1 aliphatic carbocycles. The first kappa shape index (κ1) is 16.9. The van der Waals surface area contributed by atoms with Crippen molar-refractivity contribution in [2.45, 2.75) is 45.2 Å². The monoisotopic (exact) mass is 345 g/mol. The highest BCUT2D eigenvalue weighted by atomic mass is 32.1. The van der Waals surface area contributed by atoms with E-state index in [0.717, 1.165) is 40.9 Å². The first-order chi connectivity index (χ1) is 11.5. The van der Waals surface area contributed by atoms with Crippen LogP contribution in [0.5, 0.6) is 0 Å². The molecule has 1 N–H and O–H groups in total. The number of fused-ring (bicyclic) bond motifs is 1. The average Bonchev–Trinajstić information content (AvgIpc) is 3.20. The highest BCUT2D eigenvalue weighted by Gasteiger charge is 2.33. The number of thiazole rings is 1. The van der Waals surface area contributed by atoms with Gasteiger partial charge in [-0.3, -0.25) is 9.59 Å². The number of nitrogens with zero attached hydrogens (tertiary/aromatic N) is 2. The van der Waals surface area contributed by atoms with Crippen molar-refractivity contribution < 1.29 is 9.59 Å². The van der Waals surface area contributed by atoms with Crippen LogP contribution >= 0.6 is 11.3 Å². The molecule has 0 spiro atoms. The molecule has 0 bridgehead atoms. The summed E-state index contributed by atoms with van der Waals surface area (Å²) in [7, 11) is 1.79. The Kier molecular flexibility index (Phi) is 5.14. The number of likely N-dealkylation sites (N-methyl/N-ethyl adjacent to an activating group) is 1. The fraction of sp³-hybridized carbons (Fsp3) is 0.500. The van der Waals surface area contributed by atoms with Gasteiger partial charge in [-0.2, -0.15) is 0 Å². The number of benzene rings is 1. The minimum Gasteiger partial charge on any atom is -0.344 e. The summed E-state index contributed by atoms with van der Waals surface area (Å²) >= 11 is 1.61. The van der Waals surface area contributed by atoms with Gasteiger partial charge >= 0.3 is 0 Å². The smallest absolute Gasteiger partial charge is 0.245 e. The standard InChI is InChI=1S/C18H23N3O2S/c1-12(22)19-17(13-7-3-4-8-13)18(23)21(2)11-16-20-14-9-5-6-10-15(14)24-16/h5-6,9-10,13,17H,3-4,7-8,11H2,1-2H3,(H,19,22)/t17-/m0/s1. The molecule has 1 aromatic carbocycles. The second-order valence-corrected chi connectivity index (χ2v) is 7.61. The molecule has 1 atom stereocenters. The summed E-state index contributed by atoms with van der Waals surface area (Å²) < 4.78 is 1.13. The Labute approximate surface area is 146 Å². The fourth-order valence-electron chi connectivity index (χ4n) is 3.40. The fourth-order valence-corrected chi connectivity index (χ4v) is 4.42. The van der Waals surface area contributed by atoms with Crippen LogP contribution in [0, 0.1) is 5.92 Å². The number of carbonyl (C=O) groups is 2. The van der Waals surface area contributed by atoms with E-state index in [2.05, 4.69) is 10.3 Å². The average molecular weight is 345 g/mol. The Morgan fingerprint density at radius 1 is 1.33 bits per heavy atom. The van der Waals surface area contributed by atoms with Gasteiger partial charge in [-0.1, -0.05) is 25.0 Å². The summed E-state index contributed by atoms with van der Waals surface area (Å²) in [5.74, 6) is 0.0872. The highest BCUT2D eigenvalue weighted by molar-refractivity contribution is 7.18. The number of amides is 2. The molecule has 2 aromatic rings. The van der Waals surface area contributed by atoms with Gasteiger partial charge in [0.2, 0.25) is 11.8 Å². The molecule has 6 heteroatoms. The molecule has 1 aliphatic rings. The van der Waals surface area contributed by atoms with Crippen LogP contribution in [-0.2, 0) is 16.1 Å². The number of hydrogen-bond donors (Lipinski definition) is 1. The Hall–Kier alpha value is -1.95. The largest absolute Gasteiger partial charge is 0.344 e. The van der Waals surface area contributed by atoms with Gasteiger partial charge in [0.15, 0.2) is 0 Å². The minimum absolute atomic E-state index is 0.0173. The van der Waals surface area contributed by atoms with Crippen LogP contribution in [0.4, 0.5) is 0 Å². The first-order valence-corrected chi connectivity index (χ1v) is 9.23. The molecule has 1 heterocycles. The Morgan fingerprint density at radius 2 is 2.04 bits per heavy atom. The van der Waals surface area contributed by atoms with Crippen LogP contribution in [0.1, 0.15) is 37.6 Å². The Bertz CT molecular complexity index is 704. The molecule has 24 heavy (non-hydrogen) atoms. The molecule has 128 valence electrons. The zero-order chi connectivity index (χ0) is 17.1. The number of carbonyl (C=O) groups excluding carboxylic acids is 2. The number of aromatic nitrogens is 1. The third kappa shape index (κ3) is 3.75. The predicted molar refractivity (Wildman–Crippen MR) is 95.7 cm³/mol. The Balaban J connectivity index is 1.72.